The molecule has 0 saturated heterocycles. The molecule has 3 N–H and O–H groups in total. The second-order valence-corrected chi connectivity index (χ2v) is 9.94. The van der Waals surface area contributed by atoms with Gasteiger partial charge in [0.25, 0.3) is 5.91 Å². The fourth-order valence-corrected chi connectivity index (χ4v) is 4.34. The number of amides is 1. The van der Waals surface area contributed by atoms with Crippen molar-refractivity contribution in [1.82, 2.24) is 10.0 Å². The second-order valence-electron chi connectivity index (χ2n) is 7.76. The lowest BCUT2D eigenvalue weighted by Crippen LogP contribution is -2.34. The number of nitrogens with one attached hydrogen (secondary N) is 3. The molecule has 7 nitrogen and oxygen atoms in total. The second kappa shape index (κ2) is 11.7. The van der Waals surface area contributed by atoms with E-state index >= 15 is 0 Å². The van der Waals surface area contributed by atoms with Crippen LogP contribution in [0.3, 0.4) is 0 Å². The van der Waals surface area contributed by atoms with Gasteiger partial charge in [0.05, 0.1) is 11.0 Å². The number of ether oxygens (including phenoxy) is 1. The quantitative estimate of drug-likeness (QED) is 0.385. The molecule has 3 rings (SSSR count). The molecule has 34 heavy (non-hydrogen) atoms. The van der Waals surface area contributed by atoms with Crippen LogP contribution < -0.4 is 20.1 Å². The zero-order valence-corrected chi connectivity index (χ0v) is 20.6. The fourth-order valence-electron chi connectivity index (χ4n) is 3.10. The summed E-state index contributed by atoms with van der Waals surface area (Å²) in [5, 5.41) is 5.59. The Balaban J connectivity index is 1.53. The SMILES string of the molecule is CC(C)Oc1cccc(C(=O)NC(=S)Nc2ccc(S(=O)(=O)NCCc3ccccc3)cc2)c1. The molecule has 1 amide bonds. The number of thiocarbonyl (C=S) groups is 1. The summed E-state index contributed by atoms with van der Waals surface area (Å²) in [7, 11) is -3.64. The largest absolute Gasteiger partial charge is 0.491 e. The zero-order valence-electron chi connectivity index (χ0n) is 18.9. The van der Waals surface area contributed by atoms with Gasteiger partial charge in [-0.2, -0.15) is 0 Å². The predicted molar refractivity (Wildman–Crippen MR) is 138 cm³/mol. The Morgan fingerprint density at radius 1 is 0.971 bits per heavy atom. The molecule has 0 aliphatic heterocycles. The summed E-state index contributed by atoms with van der Waals surface area (Å²) in [5.74, 6) is 0.212. The molecular formula is C25H27N3O4S2. The third-order valence-corrected chi connectivity index (χ3v) is 6.35. The molecule has 0 heterocycles. The Kier molecular flexibility index (Phi) is 8.75. The number of carbonyl (C=O) groups excluding carboxylic acids is 1. The zero-order chi connectivity index (χ0) is 24.6. The summed E-state index contributed by atoms with van der Waals surface area (Å²) in [5.41, 5.74) is 2.01. The number of sulfonamides is 1. The maximum absolute atomic E-state index is 12.5. The van der Waals surface area contributed by atoms with Crippen molar-refractivity contribution in [3.05, 3.63) is 90.0 Å². The van der Waals surface area contributed by atoms with Gasteiger partial charge >= 0.3 is 0 Å². The van der Waals surface area contributed by atoms with Gasteiger partial charge in [0.15, 0.2) is 5.11 Å². The van der Waals surface area contributed by atoms with Crippen LogP contribution in [-0.4, -0.2) is 32.1 Å². The molecule has 0 fully saturated rings. The van der Waals surface area contributed by atoms with Gasteiger partial charge in [-0.1, -0.05) is 36.4 Å². The van der Waals surface area contributed by atoms with Gasteiger partial charge in [-0.25, -0.2) is 13.1 Å². The summed E-state index contributed by atoms with van der Waals surface area (Å²) in [6.45, 7) is 4.11. The number of benzene rings is 3. The van der Waals surface area contributed by atoms with Crippen molar-refractivity contribution >= 4 is 38.9 Å². The van der Waals surface area contributed by atoms with Crippen molar-refractivity contribution < 1.29 is 17.9 Å². The van der Waals surface area contributed by atoms with Gasteiger partial charge < -0.3 is 10.1 Å². The maximum atomic E-state index is 12.5. The normalized spacial score (nSPS) is 11.1. The third kappa shape index (κ3) is 7.65. The highest BCUT2D eigenvalue weighted by Gasteiger charge is 2.14. The summed E-state index contributed by atoms with van der Waals surface area (Å²) in [6.07, 6.45) is 0.590. The van der Waals surface area contributed by atoms with Crippen LogP contribution in [0.1, 0.15) is 29.8 Å². The minimum atomic E-state index is -3.64. The van der Waals surface area contributed by atoms with Gasteiger partial charge in [-0.05, 0) is 80.5 Å². The summed E-state index contributed by atoms with van der Waals surface area (Å²) in [6, 6.07) is 22.6. The lowest BCUT2D eigenvalue weighted by Gasteiger charge is -2.12. The predicted octanol–water partition coefficient (Wildman–Crippen LogP) is 4.12. The highest BCUT2D eigenvalue weighted by molar-refractivity contribution is 7.89. The van der Waals surface area contributed by atoms with E-state index in [2.05, 4.69) is 15.4 Å². The van der Waals surface area contributed by atoms with Crippen LogP contribution in [0.4, 0.5) is 5.69 Å². The number of carbonyl (C=O) groups is 1. The third-order valence-electron chi connectivity index (χ3n) is 4.67. The summed E-state index contributed by atoms with van der Waals surface area (Å²) < 4.78 is 33.3. The van der Waals surface area contributed by atoms with Crippen molar-refractivity contribution in [3.8, 4) is 5.75 Å². The smallest absolute Gasteiger partial charge is 0.257 e. The molecule has 0 radical (unpaired) electrons. The molecule has 0 aromatic heterocycles. The van der Waals surface area contributed by atoms with E-state index in [0.717, 1.165) is 5.56 Å². The van der Waals surface area contributed by atoms with E-state index in [-0.39, 0.29) is 22.0 Å². The Bertz CT molecular complexity index is 1230. The Morgan fingerprint density at radius 3 is 2.35 bits per heavy atom. The number of rotatable bonds is 9. The molecule has 9 heteroatoms. The first-order valence-electron chi connectivity index (χ1n) is 10.8. The lowest BCUT2D eigenvalue weighted by atomic mass is 10.2. The highest BCUT2D eigenvalue weighted by atomic mass is 32.2. The van der Waals surface area contributed by atoms with Crippen LogP contribution in [0.2, 0.25) is 0 Å². The molecule has 3 aromatic rings. The van der Waals surface area contributed by atoms with E-state index < -0.39 is 10.0 Å². The molecule has 0 spiro atoms. The van der Waals surface area contributed by atoms with Crippen LogP contribution in [0.15, 0.2) is 83.8 Å². The van der Waals surface area contributed by atoms with Crippen LogP contribution in [-0.2, 0) is 16.4 Å². The molecule has 0 atom stereocenters. The Morgan fingerprint density at radius 2 is 1.68 bits per heavy atom. The van der Waals surface area contributed by atoms with Gasteiger partial charge in [-0.15, -0.1) is 0 Å². The minimum absolute atomic E-state index is 0.00750. The number of anilines is 1. The summed E-state index contributed by atoms with van der Waals surface area (Å²) in [4.78, 5) is 12.6. The van der Waals surface area contributed by atoms with Gasteiger partial charge in [-0.3, -0.25) is 10.1 Å². The fraction of sp³-hybridized carbons (Fsp3) is 0.200. The Labute approximate surface area is 205 Å². The molecule has 0 aliphatic rings. The van der Waals surface area contributed by atoms with Crippen LogP contribution >= 0.6 is 12.2 Å². The van der Waals surface area contributed by atoms with E-state index in [9.17, 15) is 13.2 Å². The molecule has 178 valence electrons. The first-order chi connectivity index (χ1) is 16.2. The van der Waals surface area contributed by atoms with E-state index in [1.807, 2.05) is 44.2 Å². The summed E-state index contributed by atoms with van der Waals surface area (Å²) >= 11 is 5.22. The van der Waals surface area contributed by atoms with E-state index in [1.54, 1.807) is 36.4 Å². The van der Waals surface area contributed by atoms with Crippen LogP contribution in [0, 0.1) is 0 Å². The monoisotopic (exact) mass is 497 g/mol. The number of hydrogen-bond acceptors (Lipinski definition) is 5. The van der Waals surface area contributed by atoms with Crippen molar-refractivity contribution in [1.29, 1.82) is 0 Å². The van der Waals surface area contributed by atoms with Gasteiger partial charge in [0.1, 0.15) is 5.75 Å². The molecular weight excluding hydrogens is 470 g/mol. The van der Waals surface area contributed by atoms with Crippen molar-refractivity contribution in [2.24, 2.45) is 0 Å². The molecule has 3 aromatic carbocycles. The van der Waals surface area contributed by atoms with E-state index in [0.29, 0.717) is 30.0 Å². The van der Waals surface area contributed by atoms with Gasteiger partial charge in [0, 0.05) is 17.8 Å². The standard InChI is InChI=1S/C25H27N3O4S2/c1-18(2)32-22-10-6-9-20(17-22)24(29)28-25(33)27-21-11-13-23(14-12-21)34(30,31)26-16-15-19-7-4-3-5-8-19/h3-14,17-18,26H,15-16H2,1-2H3,(H2,27,28,29,33). The molecule has 0 saturated carbocycles. The van der Waals surface area contributed by atoms with Crippen LogP contribution in [0.25, 0.3) is 0 Å². The molecule has 0 unspecified atom stereocenters. The lowest BCUT2D eigenvalue weighted by molar-refractivity contribution is 0.0977. The van der Waals surface area contributed by atoms with E-state index in [4.69, 9.17) is 17.0 Å². The van der Waals surface area contributed by atoms with Crippen molar-refractivity contribution in [2.45, 2.75) is 31.3 Å². The molecule has 0 aliphatic carbocycles. The topological polar surface area (TPSA) is 96.5 Å². The number of hydrogen-bond donors (Lipinski definition) is 3. The molecule has 0 bridgehead atoms. The van der Waals surface area contributed by atoms with E-state index in [1.165, 1.54) is 12.1 Å². The average Bonchev–Trinajstić information content (AvgIpc) is 2.79. The van der Waals surface area contributed by atoms with Crippen molar-refractivity contribution in [3.63, 3.8) is 0 Å². The maximum Gasteiger partial charge on any atom is 0.257 e. The first-order valence-corrected chi connectivity index (χ1v) is 12.6. The highest BCUT2D eigenvalue weighted by Crippen LogP contribution is 2.16. The van der Waals surface area contributed by atoms with Crippen LogP contribution in [0.5, 0.6) is 5.75 Å². The van der Waals surface area contributed by atoms with Crippen molar-refractivity contribution in [2.75, 3.05) is 11.9 Å². The minimum Gasteiger partial charge on any atom is -0.491 e. The first kappa shape index (κ1) is 25.4. The average molecular weight is 498 g/mol. The Hall–Kier alpha value is -3.27. The van der Waals surface area contributed by atoms with Gasteiger partial charge in [0.2, 0.25) is 10.0 Å².